The minimum absolute atomic E-state index is 0.694. The molecule has 112 valence electrons. The third-order valence-corrected chi connectivity index (χ3v) is 5.58. The van der Waals surface area contributed by atoms with Crippen LogP contribution in [-0.4, -0.2) is 18.3 Å². The molecule has 0 amide bonds. The van der Waals surface area contributed by atoms with Crippen LogP contribution in [0.3, 0.4) is 0 Å². The average molecular weight is 292 g/mol. The summed E-state index contributed by atoms with van der Waals surface area (Å²) in [4.78, 5) is 1.52. The van der Waals surface area contributed by atoms with Crippen LogP contribution in [0.15, 0.2) is 29.2 Å². The molecule has 1 aliphatic rings. The van der Waals surface area contributed by atoms with Crippen LogP contribution >= 0.6 is 11.8 Å². The lowest BCUT2D eigenvalue weighted by molar-refractivity contribution is 0.363. The number of hydrogen-bond acceptors (Lipinski definition) is 2. The summed E-state index contributed by atoms with van der Waals surface area (Å²) in [6, 6.07) is 9.66. The van der Waals surface area contributed by atoms with Gasteiger partial charge in [0.25, 0.3) is 0 Å². The number of fused-ring (bicyclic) bond motifs is 1. The van der Waals surface area contributed by atoms with Crippen molar-refractivity contribution in [2.45, 2.75) is 63.3 Å². The molecule has 1 nitrogen and oxygen atoms in total. The van der Waals surface area contributed by atoms with E-state index in [9.17, 15) is 0 Å². The maximum Gasteiger partial charge on any atom is 0.0107 e. The number of nitrogens with one attached hydrogen (secondary N) is 1. The Labute approximate surface area is 128 Å². The second-order valence-corrected chi connectivity index (χ2v) is 7.34. The highest BCUT2D eigenvalue weighted by Gasteiger charge is 2.22. The van der Waals surface area contributed by atoms with Gasteiger partial charge >= 0.3 is 0 Å². The fourth-order valence-corrected chi connectivity index (χ4v) is 4.36. The summed E-state index contributed by atoms with van der Waals surface area (Å²) in [5.74, 6) is 2.82. The van der Waals surface area contributed by atoms with E-state index in [0.29, 0.717) is 6.04 Å². The zero-order valence-electron chi connectivity index (χ0n) is 13.2. The Kier molecular flexibility index (Phi) is 6.44. The highest BCUT2D eigenvalue weighted by molar-refractivity contribution is 7.99. The van der Waals surface area contributed by atoms with Crippen molar-refractivity contribution in [1.82, 2.24) is 5.32 Å². The molecule has 1 aromatic rings. The van der Waals surface area contributed by atoms with Crippen molar-refractivity contribution in [3.8, 4) is 0 Å². The summed E-state index contributed by atoms with van der Waals surface area (Å²) in [6.07, 6.45) is 5.25. The van der Waals surface area contributed by atoms with Gasteiger partial charge in [0.2, 0.25) is 0 Å². The van der Waals surface area contributed by atoms with Crippen molar-refractivity contribution >= 4 is 11.8 Å². The van der Waals surface area contributed by atoms with E-state index in [1.165, 1.54) is 36.3 Å². The Balaban J connectivity index is 1.78. The van der Waals surface area contributed by atoms with Gasteiger partial charge in [-0.15, -0.1) is 11.8 Å². The lowest BCUT2D eigenvalue weighted by Gasteiger charge is -2.23. The van der Waals surface area contributed by atoms with Gasteiger partial charge in [0.1, 0.15) is 0 Å². The Morgan fingerprint density at radius 2 is 2.10 bits per heavy atom. The molecule has 2 atom stereocenters. The zero-order chi connectivity index (χ0) is 14.4. The van der Waals surface area contributed by atoms with Crippen LogP contribution in [0.25, 0.3) is 0 Å². The van der Waals surface area contributed by atoms with E-state index in [1.807, 2.05) is 11.8 Å². The Morgan fingerprint density at radius 1 is 1.30 bits per heavy atom. The van der Waals surface area contributed by atoms with Crippen molar-refractivity contribution in [2.75, 3.05) is 12.3 Å². The maximum absolute atomic E-state index is 3.71. The van der Waals surface area contributed by atoms with Crippen molar-refractivity contribution < 1.29 is 0 Å². The van der Waals surface area contributed by atoms with Gasteiger partial charge in [0.15, 0.2) is 0 Å². The first-order valence-corrected chi connectivity index (χ1v) is 9.16. The predicted molar refractivity (Wildman–Crippen MR) is 90.7 cm³/mol. The molecule has 2 heteroatoms. The first kappa shape index (κ1) is 15.9. The van der Waals surface area contributed by atoms with Crippen LogP contribution in [-0.2, 0) is 0 Å². The topological polar surface area (TPSA) is 12.0 Å². The molecular formula is C18H29NS. The lowest BCUT2D eigenvalue weighted by atomic mass is 9.92. The molecule has 2 unspecified atom stereocenters. The number of benzene rings is 1. The van der Waals surface area contributed by atoms with Crippen LogP contribution in [0, 0.1) is 5.92 Å². The Bertz CT molecular complexity index is 402. The number of hydrogen-bond donors (Lipinski definition) is 1. The van der Waals surface area contributed by atoms with E-state index in [4.69, 9.17) is 0 Å². The summed E-state index contributed by atoms with van der Waals surface area (Å²) in [6.45, 7) is 8.09. The van der Waals surface area contributed by atoms with E-state index in [-0.39, 0.29) is 0 Å². The molecule has 0 spiro atoms. The molecule has 0 aromatic heterocycles. The Morgan fingerprint density at radius 3 is 2.85 bits per heavy atom. The molecule has 1 heterocycles. The minimum atomic E-state index is 0.694. The van der Waals surface area contributed by atoms with E-state index < -0.39 is 0 Å². The third-order valence-electron chi connectivity index (χ3n) is 4.33. The number of rotatable bonds is 8. The fraction of sp³-hybridized carbons (Fsp3) is 0.667. The highest BCUT2D eigenvalue weighted by atomic mass is 32.2. The highest BCUT2D eigenvalue weighted by Crippen LogP contribution is 2.41. The second-order valence-electron chi connectivity index (χ2n) is 6.28. The van der Waals surface area contributed by atoms with Gasteiger partial charge in [0, 0.05) is 16.7 Å². The van der Waals surface area contributed by atoms with Crippen molar-refractivity contribution in [1.29, 1.82) is 0 Å². The van der Waals surface area contributed by atoms with Gasteiger partial charge in [0.05, 0.1) is 0 Å². The van der Waals surface area contributed by atoms with Gasteiger partial charge < -0.3 is 5.32 Å². The van der Waals surface area contributed by atoms with Crippen LogP contribution in [0.5, 0.6) is 0 Å². The minimum Gasteiger partial charge on any atom is -0.314 e. The summed E-state index contributed by atoms with van der Waals surface area (Å²) < 4.78 is 0. The summed E-state index contributed by atoms with van der Waals surface area (Å²) >= 11 is 2.04. The van der Waals surface area contributed by atoms with E-state index in [1.54, 1.807) is 5.56 Å². The smallest absolute Gasteiger partial charge is 0.0107 e. The molecule has 20 heavy (non-hydrogen) atoms. The lowest BCUT2D eigenvalue weighted by Crippen LogP contribution is -2.34. The molecule has 0 fully saturated rings. The molecule has 0 saturated carbocycles. The van der Waals surface area contributed by atoms with Crippen LogP contribution in [0.1, 0.15) is 57.9 Å². The average Bonchev–Trinajstić information content (AvgIpc) is 2.85. The van der Waals surface area contributed by atoms with E-state index in [0.717, 1.165) is 18.4 Å². The van der Waals surface area contributed by atoms with Crippen molar-refractivity contribution in [2.24, 2.45) is 5.92 Å². The van der Waals surface area contributed by atoms with E-state index in [2.05, 4.69) is 50.4 Å². The molecule has 1 aliphatic heterocycles. The quantitative estimate of drug-likeness (QED) is 0.717. The van der Waals surface area contributed by atoms with Crippen LogP contribution < -0.4 is 5.32 Å². The predicted octanol–water partition coefficient (Wildman–Crippen LogP) is 5.07. The molecule has 0 saturated heterocycles. The molecule has 1 N–H and O–H groups in total. The molecule has 0 bridgehead atoms. The molecule has 0 aliphatic carbocycles. The van der Waals surface area contributed by atoms with Crippen molar-refractivity contribution in [3.63, 3.8) is 0 Å². The van der Waals surface area contributed by atoms with Crippen LogP contribution in [0.2, 0.25) is 0 Å². The zero-order valence-corrected chi connectivity index (χ0v) is 14.0. The normalized spacial score (nSPS) is 19.3. The largest absolute Gasteiger partial charge is 0.314 e. The summed E-state index contributed by atoms with van der Waals surface area (Å²) in [5.41, 5.74) is 1.60. The monoisotopic (exact) mass is 291 g/mol. The third kappa shape index (κ3) is 4.26. The Hall–Kier alpha value is -0.470. The molecular weight excluding hydrogens is 262 g/mol. The molecule has 0 radical (unpaired) electrons. The van der Waals surface area contributed by atoms with Crippen molar-refractivity contribution in [3.05, 3.63) is 29.8 Å². The SMILES string of the molecule is CCCNC(CCCC1CSc2ccccc21)C(C)C. The first-order valence-electron chi connectivity index (χ1n) is 8.17. The van der Waals surface area contributed by atoms with Gasteiger partial charge in [-0.3, -0.25) is 0 Å². The van der Waals surface area contributed by atoms with Gasteiger partial charge in [-0.05, 0) is 49.3 Å². The molecule has 2 rings (SSSR count). The fourth-order valence-electron chi connectivity index (χ4n) is 3.05. The second kappa shape index (κ2) is 8.09. The van der Waals surface area contributed by atoms with Gasteiger partial charge in [-0.25, -0.2) is 0 Å². The van der Waals surface area contributed by atoms with Crippen LogP contribution in [0.4, 0.5) is 0 Å². The van der Waals surface area contributed by atoms with E-state index >= 15 is 0 Å². The summed E-state index contributed by atoms with van der Waals surface area (Å²) in [7, 11) is 0. The summed E-state index contributed by atoms with van der Waals surface area (Å²) in [5, 5.41) is 3.71. The van der Waals surface area contributed by atoms with Gasteiger partial charge in [-0.1, -0.05) is 45.4 Å². The number of thioether (sulfide) groups is 1. The first-order chi connectivity index (χ1) is 9.72. The standard InChI is InChI=1S/C18H29NS/c1-4-12-19-17(14(2)3)10-7-8-15-13-20-18-11-6-5-9-16(15)18/h5-6,9,11,14-15,17,19H,4,7-8,10,12-13H2,1-3H3. The van der Waals surface area contributed by atoms with Gasteiger partial charge in [-0.2, -0.15) is 0 Å². The maximum atomic E-state index is 3.71. The molecule has 1 aromatic carbocycles.